The second-order valence-corrected chi connectivity index (χ2v) is 7.87. The highest BCUT2D eigenvalue weighted by Crippen LogP contribution is 2.27. The minimum atomic E-state index is -0.641. The Morgan fingerprint density at radius 3 is 2.50 bits per heavy atom. The standard InChI is InChI=1S/C24H23F2N7.ClH/c1-2-32-8-10-33(11-9-32)18-5-6-21(28-14-18)30-24-29-15-20(26)23(31-24)17-12-16-4-3-7-27-22(16)19(25)13-17;/h3-7,12-15H,2,8-11H2,1H3,(H,28,29,30,31);1H. The summed E-state index contributed by atoms with van der Waals surface area (Å²) in [7, 11) is 0. The van der Waals surface area contributed by atoms with Gasteiger partial charge in [0.05, 0.1) is 18.1 Å². The minimum absolute atomic E-state index is 0. The molecule has 1 aromatic carbocycles. The smallest absolute Gasteiger partial charge is 0.229 e. The number of benzene rings is 1. The van der Waals surface area contributed by atoms with Crippen molar-refractivity contribution >= 4 is 40.8 Å². The lowest BCUT2D eigenvalue weighted by atomic mass is 10.1. The number of rotatable bonds is 5. The van der Waals surface area contributed by atoms with Crippen molar-refractivity contribution < 1.29 is 8.78 Å². The first kappa shape index (κ1) is 23.7. The SMILES string of the molecule is CCN1CCN(c2ccc(Nc3ncc(F)c(-c4cc(F)c5ncccc5c4)n3)nc2)CC1.Cl. The number of hydrogen-bond donors (Lipinski definition) is 1. The van der Waals surface area contributed by atoms with Crippen LogP contribution in [0.15, 0.2) is 55.0 Å². The topological polar surface area (TPSA) is 70.1 Å². The molecule has 1 saturated heterocycles. The molecule has 34 heavy (non-hydrogen) atoms. The van der Waals surface area contributed by atoms with Gasteiger partial charge in [0, 0.05) is 43.3 Å². The Labute approximate surface area is 202 Å². The van der Waals surface area contributed by atoms with Gasteiger partial charge < -0.3 is 15.1 Å². The van der Waals surface area contributed by atoms with E-state index in [4.69, 9.17) is 0 Å². The first-order chi connectivity index (χ1) is 16.1. The molecule has 4 heterocycles. The Balaban J connectivity index is 0.00000274. The van der Waals surface area contributed by atoms with Gasteiger partial charge in [0.15, 0.2) is 5.82 Å². The molecule has 1 aliphatic rings. The van der Waals surface area contributed by atoms with E-state index < -0.39 is 11.6 Å². The van der Waals surface area contributed by atoms with Gasteiger partial charge in [-0.3, -0.25) is 4.98 Å². The third kappa shape index (κ3) is 4.90. The van der Waals surface area contributed by atoms with Crippen molar-refractivity contribution in [2.45, 2.75) is 6.92 Å². The number of pyridine rings is 2. The van der Waals surface area contributed by atoms with E-state index in [0.717, 1.165) is 44.6 Å². The van der Waals surface area contributed by atoms with Crippen LogP contribution in [0.4, 0.5) is 26.2 Å². The zero-order chi connectivity index (χ0) is 22.8. The molecule has 0 spiro atoms. The van der Waals surface area contributed by atoms with Crippen molar-refractivity contribution in [3.8, 4) is 11.3 Å². The summed E-state index contributed by atoms with van der Waals surface area (Å²) in [5.41, 5.74) is 1.60. The maximum atomic E-state index is 14.5. The minimum Gasteiger partial charge on any atom is -0.368 e. The normalized spacial score (nSPS) is 14.1. The molecule has 176 valence electrons. The number of nitrogens with zero attached hydrogens (tertiary/aromatic N) is 6. The number of fused-ring (bicyclic) bond motifs is 1. The predicted molar refractivity (Wildman–Crippen MR) is 132 cm³/mol. The fourth-order valence-electron chi connectivity index (χ4n) is 4.00. The van der Waals surface area contributed by atoms with E-state index in [9.17, 15) is 8.78 Å². The molecule has 0 amide bonds. The van der Waals surface area contributed by atoms with Gasteiger partial charge >= 0.3 is 0 Å². The van der Waals surface area contributed by atoms with Crippen LogP contribution < -0.4 is 10.2 Å². The second kappa shape index (κ2) is 10.2. The Morgan fingerprint density at radius 2 is 1.76 bits per heavy atom. The molecule has 3 aromatic heterocycles. The Kier molecular flexibility index (Phi) is 7.14. The van der Waals surface area contributed by atoms with E-state index >= 15 is 0 Å². The van der Waals surface area contributed by atoms with Crippen LogP contribution in [0.2, 0.25) is 0 Å². The van der Waals surface area contributed by atoms with Crippen LogP contribution in [0.5, 0.6) is 0 Å². The molecule has 0 unspecified atom stereocenters. The lowest BCUT2D eigenvalue weighted by Gasteiger charge is -2.35. The lowest BCUT2D eigenvalue weighted by Crippen LogP contribution is -2.46. The maximum Gasteiger partial charge on any atom is 0.229 e. The Hall–Kier alpha value is -3.43. The number of likely N-dealkylation sites (N-methyl/N-ethyl adjacent to an activating group) is 1. The molecule has 0 saturated carbocycles. The highest BCUT2D eigenvalue weighted by Gasteiger charge is 2.17. The molecule has 5 rings (SSSR count). The highest BCUT2D eigenvalue weighted by atomic mass is 35.5. The van der Waals surface area contributed by atoms with Crippen LogP contribution in [0, 0.1) is 11.6 Å². The van der Waals surface area contributed by atoms with E-state index in [-0.39, 0.29) is 29.6 Å². The molecule has 0 atom stereocenters. The van der Waals surface area contributed by atoms with E-state index in [1.807, 2.05) is 12.1 Å². The van der Waals surface area contributed by atoms with Gasteiger partial charge in [-0.25, -0.2) is 23.7 Å². The van der Waals surface area contributed by atoms with Crippen LogP contribution >= 0.6 is 12.4 Å². The molecule has 1 aliphatic heterocycles. The number of aromatic nitrogens is 4. The average molecular weight is 484 g/mol. The quantitative estimate of drug-likeness (QED) is 0.442. The van der Waals surface area contributed by atoms with Gasteiger partial charge in [0.1, 0.15) is 22.8 Å². The van der Waals surface area contributed by atoms with Crippen molar-refractivity contribution in [2.75, 3.05) is 42.9 Å². The van der Waals surface area contributed by atoms with Crippen LogP contribution in [-0.2, 0) is 0 Å². The largest absolute Gasteiger partial charge is 0.368 e. The fraction of sp³-hybridized carbons (Fsp3) is 0.250. The average Bonchev–Trinajstić information content (AvgIpc) is 2.86. The summed E-state index contributed by atoms with van der Waals surface area (Å²) in [6.07, 6.45) is 4.39. The van der Waals surface area contributed by atoms with Gasteiger partial charge in [-0.2, -0.15) is 0 Å². The predicted octanol–water partition coefficient (Wildman–Crippen LogP) is 4.67. The Morgan fingerprint density at radius 1 is 0.941 bits per heavy atom. The van der Waals surface area contributed by atoms with E-state index in [0.29, 0.717) is 16.8 Å². The van der Waals surface area contributed by atoms with Crippen molar-refractivity contribution in [1.82, 2.24) is 24.8 Å². The maximum absolute atomic E-state index is 14.5. The van der Waals surface area contributed by atoms with Crippen molar-refractivity contribution in [3.05, 3.63) is 66.6 Å². The number of halogens is 3. The monoisotopic (exact) mass is 483 g/mol. The van der Waals surface area contributed by atoms with E-state index in [1.54, 1.807) is 24.4 Å². The molecular formula is C24H24ClF2N7. The zero-order valence-electron chi connectivity index (χ0n) is 18.6. The van der Waals surface area contributed by atoms with Crippen LogP contribution in [0.25, 0.3) is 22.2 Å². The molecule has 1 N–H and O–H groups in total. The third-order valence-electron chi connectivity index (χ3n) is 5.85. The molecule has 0 bridgehead atoms. The van der Waals surface area contributed by atoms with Crippen molar-refractivity contribution in [1.29, 1.82) is 0 Å². The van der Waals surface area contributed by atoms with Gasteiger partial charge in [-0.1, -0.05) is 13.0 Å². The van der Waals surface area contributed by atoms with E-state index in [2.05, 4.69) is 42.0 Å². The fourth-order valence-corrected chi connectivity index (χ4v) is 4.00. The van der Waals surface area contributed by atoms with Crippen LogP contribution in [-0.4, -0.2) is 57.6 Å². The number of piperazine rings is 1. The molecule has 0 aliphatic carbocycles. The summed E-state index contributed by atoms with van der Waals surface area (Å²) in [5, 5.41) is 3.57. The molecular weight excluding hydrogens is 460 g/mol. The number of nitrogens with one attached hydrogen (secondary N) is 1. The first-order valence-electron chi connectivity index (χ1n) is 10.9. The molecule has 0 radical (unpaired) electrons. The first-order valence-corrected chi connectivity index (χ1v) is 10.9. The summed E-state index contributed by atoms with van der Waals surface area (Å²) < 4.78 is 29.0. The number of anilines is 3. The molecule has 4 aromatic rings. The highest BCUT2D eigenvalue weighted by molar-refractivity contribution is 5.85. The molecule has 7 nitrogen and oxygen atoms in total. The molecule has 1 fully saturated rings. The second-order valence-electron chi connectivity index (χ2n) is 7.87. The number of hydrogen-bond acceptors (Lipinski definition) is 7. The van der Waals surface area contributed by atoms with E-state index in [1.165, 1.54) is 12.3 Å². The summed E-state index contributed by atoms with van der Waals surface area (Å²) >= 11 is 0. The van der Waals surface area contributed by atoms with Crippen molar-refractivity contribution in [2.24, 2.45) is 0 Å². The summed E-state index contributed by atoms with van der Waals surface area (Å²) in [6, 6.07) is 10.2. The van der Waals surface area contributed by atoms with Crippen molar-refractivity contribution in [3.63, 3.8) is 0 Å². The third-order valence-corrected chi connectivity index (χ3v) is 5.85. The Bertz CT molecular complexity index is 1280. The van der Waals surface area contributed by atoms with Gasteiger partial charge in [-0.15, -0.1) is 12.4 Å². The summed E-state index contributed by atoms with van der Waals surface area (Å²) in [6.45, 7) is 7.24. The van der Waals surface area contributed by atoms with Gasteiger partial charge in [0.2, 0.25) is 5.95 Å². The zero-order valence-corrected chi connectivity index (χ0v) is 19.4. The van der Waals surface area contributed by atoms with Crippen LogP contribution in [0.1, 0.15) is 6.92 Å². The summed E-state index contributed by atoms with van der Waals surface area (Å²) in [5.74, 6) is -0.460. The van der Waals surface area contributed by atoms with Gasteiger partial charge in [0.25, 0.3) is 0 Å². The van der Waals surface area contributed by atoms with Crippen LogP contribution in [0.3, 0.4) is 0 Å². The summed E-state index contributed by atoms with van der Waals surface area (Å²) in [4.78, 5) is 21.5. The van der Waals surface area contributed by atoms with Gasteiger partial charge in [-0.05, 0) is 36.9 Å². The molecule has 10 heteroatoms. The lowest BCUT2D eigenvalue weighted by molar-refractivity contribution is 0.271.